The predicted molar refractivity (Wildman–Crippen MR) is 83.1 cm³/mol. The minimum Gasteiger partial charge on any atom is -0.506 e. The highest BCUT2D eigenvalue weighted by molar-refractivity contribution is 14.1. The Hall–Kier alpha value is -0.790. The first-order valence-corrected chi connectivity index (χ1v) is 7.36. The second-order valence-electron chi connectivity index (χ2n) is 4.17. The van der Waals surface area contributed by atoms with Crippen LogP contribution in [-0.2, 0) is 4.79 Å². The molecular weight excluding hydrogens is 521 g/mol. The summed E-state index contributed by atoms with van der Waals surface area (Å²) >= 11 is 3.52. The van der Waals surface area contributed by atoms with E-state index in [1.807, 2.05) is 22.6 Å². The molecule has 5 nitrogen and oxygen atoms in total. The number of carbonyl (C=O) groups is 2. The highest BCUT2D eigenvalue weighted by Crippen LogP contribution is 2.32. The van der Waals surface area contributed by atoms with Gasteiger partial charge in [-0.25, -0.2) is 4.79 Å². The van der Waals surface area contributed by atoms with E-state index in [0.29, 0.717) is 10.5 Å². The lowest BCUT2D eigenvalue weighted by Crippen LogP contribution is -2.61. The molecule has 1 aromatic carbocycles. The van der Waals surface area contributed by atoms with Crippen LogP contribution in [0.25, 0.3) is 0 Å². The Bertz CT molecular complexity index is 606. The number of carbonyl (C=O) groups excluding carboxylic acids is 1. The van der Waals surface area contributed by atoms with E-state index in [1.54, 1.807) is 22.6 Å². The fraction of sp³-hybridized carbons (Fsp3) is 0.273. The second-order valence-corrected chi connectivity index (χ2v) is 6.57. The van der Waals surface area contributed by atoms with Crippen LogP contribution >= 0.6 is 45.2 Å². The van der Waals surface area contributed by atoms with Crippen LogP contribution in [0.15, 0.2) is 12.1 Å². The molecule has 0 aromatic heterocycles. The molecule has 116 valence electrons. The molecule has 1 atom stereocenters. The Morgan fingerprint density at radius 1 is 1.24 bits per heavy atom. The van der Waals surface area contributed by atoms with Gasteiger partial charge in [0.1, 0.15) is 5.75 Å². The molecule has 1 aromatic rings. The van der Waals surface area contributed by atoms with Crippen molar-refractivity contribution in [2.45, 2.75) is 18.6 Å². The summed E-state index contributed by atoms with van der Waals surface area (Å²) in [4.78, 5) is 22.7. The number of amides is 1. The van der Waals surface area contributed by atoms with E-state index in [1.165, 1.54) is 11.4 Å². The van der Waals surface area contributed by atoms with Gasteiger partial charge >= 0.3 is 12.1 Å². The number of aromatic hydroxyl groups is 1. The molecule has 0 aliphatic heterocycles. The van der Waals surface area contributed by atoms with Gasteiger partial charge in [-0.05, 0) is 64.2 Å². The number of phenolic OH excluding ortho intramolecular Hbond substituents is 1. The number of carboxylic acids is 1. The second kappa shape index (κ2) is 6.14. The first kappa shape index (κ1) is 18.3. The molecule has 0 heterocycles. The molecule has 1 rings (SSSR count). The maximum absolute atomic E-state index is 12.8. The van der Waals surface area contributed by atoms with Gasteiger partial charge in [-0.1, -0.05) is 0 Å². The average Bonchev–Trinajstić information content (AvgIpc) is 2.31. The SMILES string of the molecule is CC(NC(=O)c1cc(I)cc(I)c1O)(C(=O)O)C(F)(F)F. The minimum atomic E-state index is -5.20. The molecule has 0 aliphatic carbocycles. The van der Waals surface area contributed by atoms with Crippen LogP contribution in [-0.4, -0.2) is 33.8 Å². The molecule has 0 saturated heterocycles. The van der Waals surface area contributed by atoms with Gasteiger partial charge in [-0.15, -0.1) is 0 Å². The van der Waals surface area contributed by atoms with Gasteiger partial charge in [0.15, 0.2) is 0 Å². The number of aliphatic carboxylic acids is 1. The molecular formula is C11H8F3I2NO4. The summed E-state index contributed by atoms with van der Waals surface area (Å²) in [7, 11) is 0. The van der Waals surface area contributed by atoms with Crippen molar-refractivity contribution in [3.63, 3.8) is 0 Å². The Morgan fingerprint density at radius 2 is 1.76 bits per heavy atom. The Kier molecular flexibility index (Phi) is 5.34. The van der Waals surface area contributed by atoms with Gasteiger partial charge < -0.3 is 15.5 Å². The molecule has 1 amide bonds. The van der Waals surface area contributed by atoms with Crippen molar-refractivity contribution < 1.29 is 33.0 Å². The number of hydrogen-bond acceptors (Lipinski definition) is 3. The first-order chi connectivity index (χ1) is 9.40. The van der Waals surface area contributed by atoms with Crippen LogP contribution in [0.2, 0.25) is 0 Å². The summed E-state index contributed by atoms with van der Waals surface area (Å²) in [5, 5.41) is 19.9. The van der Waals surface area contributed by atoms with E-state index in [2.05, 4.69) is 0 Å². The van der Waals surface area contributed by atoms with E-state index < -0.39 is 34.9 Å². The molecule has 1 unspecified atom stereocenters. The molecule has 0 bridgehead atoms. The van der Waals surface area contributed by atoms with Crippen molar-refractivity contribution in [3.8, 4) is 5.75 Å². The summed E-state index contributed by atoms with van der Waals surface area (Å²) in [6.07, 6.45) is -5.20. The molecule has 3 N–H and O–H groups in total. The zero-order chi connectivity index (χ0) is 16.6. The van der Waals surface area contributed by atoms with Crippen molar-refractivity contribution in [1.29, 1.82) is 0 Å². The number of benzene rings is 1. The maximum Gasteiger partial charge on any atom is 0.422 e. The summed E-state index contributed by atoms with van der Waals surface area (Å²) in [6.45, 7) is 0.336. The van der Waals surface area contributed by atoms with E-state index in [9.17, 15) is 27.9 Å². The van der Waals surface area contributed by atoms with Crippen LogP contribution in [0, 0.1) is 7.14 Å². The highest BCUT2D eigenvalue weighted by Gasteiger charge is 2.58. The Balaban J connectivity index is 3.25. The minimum absolute atomic E-state index is 0.258. The number of carboxylic acid groups (broad SMARTS) is 1. The third-order valence-electron chi connectivity index (χ3n) is 2.63. The van der Waals surface area contributed by atoms with E-state index >= 15 is 0 Å². The van der Waals surface area contributed by atoms with E-state index in [0.717, 1.165) is 6.07 Å². The molecule has 0 aliphatic rings. The lowest BCUT2D eigenvalue weighted by Gasteiger charge is -2.28. The third-order valence-corrected chi connectivity index (χ3v) is 4.08. The van der Waals surface area contributed by atoms with Crippen LogP contribution in [0.1, 0.15) is 17.3 Å². The third kappa shape index (κ3) is 3.70. The van der Waals surface area contributed by atoms with E-state index in [-0.39, 0.29) is 3.57 Å². The van der Waals surface area contributed by atoms with Crippen LogP contribution in [0.5, 0.6) is 5.75 Å². The summed E-state index contributed by atoms with van der Waals surface area (Å²) in [5.74, 6) is -4.09. The van der Waals surface area contributed by atoms with Crippen LogP contribution in [0.3, 0.4) is 0 Å². The Morgan fingerprint density at radius 3 is 2.19 bits per heavy atom. The van der Waals surface area contributed by atoms with E-state index in [4.69, 9.17) is 5.11 Å². The fourth-order valence-corrected chi connectivity index (χ4v) is 3.12. The number of nitrogens with one attached hydrogen (secondary N) is 1. The summed E-state index contributed by atoms with van der Waals surface area (Å²) in [5.41, 5.74) is -3.88. The average molecular weight is 529 g/mol. The van der Waals surface area contributed by atoms with Gasteiger partial charge in [-0.3, -0.25) is 4.79 Å². The molecule has 0 fully saturated rings. The quantitative estimate of drug-likeness (QED) is 0.527. The fourth-order valence-electron chi connectivity index (χ4n) is 1.28. The largest absolute Gasteiger partial charge is 0.506 e. The molecule has 0 radical (unpaired) electrons. The number of halogens is 5. The number of rotatable bonds is 3. The predicted octanol–water partition coefficient (Wildman–Crippen LogP) is 2.74. The van der Waals surface area contributed by atoms with Crippen molar-refractivity contribution in [2.75, 3.05) is 0 Å². The Labute approximate surface area is 144 Å². The van der Waals surface area contributed by atoms with Gasteiger partial charge in [0, 0.05) is 3.57 Å². The number of hydrogen-bond donors (Lipinski definition) is 3. The number of alkyl halides is 3. The van der Waals surface area contributed by atoms with Gasteiger partial charge in [0.25, 0.3) is 5.91 Å². The maximum atomic E-state index is 12.8. The van der Waals surface area contributed by atoms with Crippen molar-refractivity contribution >= 4 is 57.1 Å². The lowest BCUT2D eigenvalue weighted by atomic mass is 10.0. The smallest absolute Gasteiger partial charge is 0.422 e. The summed E-state index contributed by atoms with van der Waals surface area (Å²) in [6, 6.07) is 2.67. The van der Waals surface area contributed by atoms with Crippen LogP contribution < -0.4 is 5.32 Å². The molecule has 10 heteroatoms. The zero-order valence-corrected chi connectivity index (χ0v) is 14.6. The van der Waals surface area contributed by atoms with Gasteiger partial charge in [0.05, 0.1) is 9.13 Å². The molecule has 0 spiro atoms. The number of phenols is 1. The lowest BCUT2D eigenvalue weighted by molar-refractivity contribution is -0.203. The van der Waals surface area contributed by atoms with Gasteiger partial charge in [-0.2, -0.15) is 13.2 Å². The first-order valence-electron chi connectivity index (χ1n) is 5.21. The van der Waals surface area contributed by atoms with Crippen LogP contribution in [0.4, 0.5) is 13.2 Å². The van der Waals surface area contributed by atoms with Gasteiger partial charge in [0.2, 0.25) is 5.54 Å². The zero-order valence-electron chi connectivity index (χ0n) is 10.3. The van der Waals surface area contributed by atoms with Crippen molar-refractivity contribution in [2.24, 2.45) is 0 Å². The standard InChI is InChI=1S/C11H8F3I2NO4/c1-10(9(20)21,11(12,13)14)17-8(19)5-2-4(15)3-6(16)7(5)18/h2-3,18H,1H3,(H,17,19)(H,20,21). The monoisotopic (exact) mass is 529 g/mol. The molecule has 0 saturated carbocycles. The topological polar surface area (TPSA) is 86.6 Å². The van der Waals surface area contributed by atoms with Crippen molar-refractivity contribution in [3.05, 3.63) is 24.8 Å². The highest BCUT2D eigenvalue weighted by atomic mass is 127. The summed E-state index contributed by atoms with van der Waals surface area (Å²) < 4.78 is 39.2. The molecule has 21 heavy (non-hydrogen) atoms. The normalized spacial score (nSPS) is 14.4. The van der Waals surface area contributed by atoms with Crippen molar-refractivity contribution in [1.82, 2.24) is 5.32 Å².